The Morgan fingerprint density at radius 2 is 2.05 bits per heavy atom. The van der Waals surface area contributed by atoms with Crippen molar-refractivity contribution in [1.29, 1.82) is 0 Å². The second-order valence-corrected chi connectivity index (χ2v) is 4.64. The van der Waals surface area contributed by atoms with Crippen LogP contribution in [-0.4, -0.2) is 15.3 Å². The summed E-state index contributed by atoms with van der Waals surface area (Å²) in [6.45, 7) is 0.843. The van der Waals surface area contributed by atoms with Crippen LogP contribution in [0.3, 0.4) is 0 Å². The highest BCUT2D eigenvalue weighted by molar-refractivity contribution is 5.54. The molecular weight excluding hydrogens is 280 g/mol. The van der Waals surface area contributed by atoms with Gasteiger partial charge in [0.25, 0.3) is 11.8 Å². The third-order valence-electron chi connectivity index (χ3n) is 2.91. The Bertz CT molecular complexity index is 733. The third kappa shape index (κ3) is 2.96. The molecule has 108 valence electrons. The van der Waals surface area contributed by atoms with Gasteiger partial charge in [0.1, 0.15) is 5.76 Å². The number of hydrogen-bond acceptors (Lipinski definition) is 5. The van der Waals surface area contributed by atoms with Crippen molar-refractivity contribution in [1.82, 2.24) is 15.3 Å². The van der Waals surface area contributed by atoms with Crippen LogP contribution in [0.4, 0.5) is 8.78 Å². The van der Waals surface area contributed by atoms with Crippen LogP contribution in [-0.2, 0) is 12.3 Å². The van der Waals surface area contributed by atoms with Gasteiger partial charge >= 0.3 is 0 Å². The average molecular weight is 291 g/mol. The Morgan fingerprint density at radius 3 is 2.76 bits per heavy atom. The topological polar surface area (TPSA) is 65.0 Å². The standard InChI is InChI=1S/C14H11F2N3O2/c1-14(15,16)10-4-2-3-9(7-10)13-18-12(19-21-13)8-11-5-6-17-20-11/h2-7H,8H2,1H3. The molecule has 2 aromatic heterocycles. The first-order chi connectivity index (χ1) is 10.0. The van der Waals surface area contributed by atoms with E-state index >= 15 is 0 Å². The van der Waals surface area contributed by atoms with Gasteiger partial charge in [-0.1, -0.05) is 22.4 Å². The van der Waals surface area contributed by atoms with E-state index in [2.05, 4.69) is 15.3 Å². The molecule has 3 rings (SSSR count). The highest BCUT2D eigenvalue weighted by Crippen LogP contribution is 2.30. The van der Waals surface area contributed by atoms with Crippen molar-refractivity contribution in [3.05, 3.63) is 53.7 Å². The SMILES string of the molecule is CC(F)(F)c1cccc(-c2nc(Cc3ccno3)no2)c1. The molecule has 0 atom stereocenters. The normalized spacial score (nSPS) is 11.8. The average Bonchev–Trinajstić information content (AvgIpc) is 3.10. The van der Waals surface area contributed by atoms with Crippen molar-refractivity contribution in [3.8, 4) is 11.5 Å². The number of aromatic nitrogens is 3. The van der Waals surface area contributed by atoms with Crippen molar-refractivity contribution < 1.29 is 17.8 Å². The quantitative estimate of drug-likeness (QED) is 0.736. The minimum atomic E-state index is -2.92. The van der Waals surface area contributed by atoms with E-state index in [9.17, 15) is 8.78 Å². The van der Waals surface area contributed by atoms with Crippen LogP contribution < -0.4 is 0 Å². The van der Waals surface area contributed by atoms with E-state index in [-0.39, 0.29) is 11.5 Å². The highest BCUT2D eigenvalue weighted by atomic mass is 19.3. The van der Waals surface area contributed by atoms with Crippen LogP contribution in [0, 0.1) is 0 Å². The summed E-state index contributed by atoms with van der Waals surface area (Å²) in [6.07, 6.45) is 1.84. The van der Waals surface area contributed by atoms with Crippen molar-refractivity contribution in [2.24, 2.45) is 0 Å². The molecule has 0 aliphatic rings. The van der Waals surface area contributed by atoms with E-state index in [4.69, 9.17) is 9.05 Å². The summed E-state index contributed by atoms with van der Waals surface area (Å²) < 4.78 is 36.7. The molecule has 0 amide bonds. The van der Waals surface area contributed by atoms with Gasteiger partial charge in [0.2, 0.25) is 0 Å². The summed E-state index contributed by atoms with van der Waals surface area (Å²) in [7, 11) is 0. The van der Waals surface area contributed by atoms with Crippen LogP contribution in [0.25, 0.3) is 11.5 Å². The summed E-state index contributed by atoms with van der Waals surface area (Å²) in [6, 6.07) is 7.55. The van der Waals surface area contributed by atoms with Crippen LogP contribution in [0.15, 0.2) is 45.6 Å². The molecule has 2 heterocycles. The van der Waals surface area contributed by atoms with Gasteiger partial charge < -0.3 is 9.05 Å². The number of nitrogens with zero attached hydrogens (tertiary/aromatic N) is 3. The van der Waals surface area contributed by atoms with E-state index in [0.717, 1.165) is 6.92 Å². The summed E-state index contributed by atoms with van der Waals surface area (Å²) in [5.74, 6) is -1.74. The Hall–Kier alpha value is -2.57. The maximum Gasteiger partial charge on any atom is 0.270 e. The molecule has 0 aliphatic heterocycles. The molecule has 0 saturated heterocycles. The zero-order valence-corrected chi connectivity index (χ0v) is 11.1. The molecule has 0 radical (unpaired) electrons. The first kappa shape index (κ1) is 13.4. The van der Waals surface area contributed by atoms with Crippen molar-refractivity contribution in [2.45, 2.75) is 19.3 Å². The molecule has 0 spiro atoms. The van der Waals surface area contributed by atoms with E-state index < -0.39 is 5.92 Å². The zero-order chi connectivity index (χ0) is 14.9. The van der Waals surface area contributed by atoms with Crippen LogP contribution in [0.2, 0.25) is 0 Å². The molecule has 0 aliphatic carbocycles. The largest absolute Gasteiger partial charge is 0.361 e. The van der Waals surface area contributed by atoms with Gasteiger partial charge in [-0.25, -0.2) is 8.78 Å². The van der Waals surface area contributed by atoms with Gasteiger partial charge in [0.15, 0.2) is 5.82 Å². The summed E-state index contributed by atoms with van der Waals surface area (Å²) in [4.78, 5) is 4.17. The van der Waals surface area contributed by atoms with Crippen molar-refractivity contribution in [3.63, 3.8) is 0 Å². The van der Waals surface area contributed by atoms with Crippen molar-refractivity contribution in [2.75, 3.05) is 0 Å². The molecule has 0 fully saturated rings. The van der Waals surface area contributed by atoms with Crippen LogP contribution in [0.1, 0.15) is 24.1 Å². The maximum atomic E-state index is 13.3. The van der Waals surface area contributed by atoms with Crippen LogP contribution in [0.5, 0.6) is 0 Å². The second kappa shape index (κ2) is 5.08. The minimum absolute atomic E-state index is 0.102. The predicted octanol–water partition coefficient (Wildman–Crippen LogP) is 3.43. The zero-order valence-electron chi connectivity index (χ0n) is 11.1. The fourth-order valence-electron chi connectivity index (χ4n) is 1.86. The number of rotatable bonds is 4. The van der Waals surface area contributed by atoms with Gasteiger partial charge in [0, 0.05) is 24.1 Å². The lowest BCUT2D eigenvalue weighted by atomic mass is 10.1. The van der Waals surface area contributed by atoms with Gasteiger partial charge in [-0.15, -0.1) is 0 Å². The Labute approximate surface area is 118 Å². The van der Waals surface area contributed by atoms with Gasteiger partial charge in [-0.2, -0.15) is 4.98 Å². The fraction of sp³-hybridized carbons (Fsp3) is 0.214. The van der Waals surface area contributed by atoms with Gasteiger partial charge in [0.05, 0.1) is 12.6 Å². The van der Waals surface area contributed by atoms with Crippen molar-refractivity contribution >= 4 is 0 Å². The maximum absolute atomic E-state index is 13.3. The molecule has 3 aromatic rings. The lowest BCUT2D eigenvalue weighted by Gasteiger charge is -2.10. The molecule has 21 heavy (non-hydrogen) atoms. The smallest absolute Gasteiger partial charge is 0.270 e. The Balaban J connectivity index is 1.86. The van der Waals surface area contributed by atoms with E-state index in [0.29, 0.717) is 23.6 Å². The highest BCUT2D eigenvalue weighted by Gasteiger charge is 2.25. The summed E-state index contributed by atoms with van der Waals surface area (Å²) in [5, 5.41) is 7.38. The summed E-state index contributed by atoms with van der Waals surface area (Å²) in [5.41, 5.74) is 0.348. The van der Waals surface area contributed by atoms with E-state index in [1.807, 2.05) is 0 Å². The molecule has 5 nitrogen and oxygen atoms in total. The second-order valence-electron chi connectivity index (χ2n) is 4.64. The lowest BCUT2D eigenvalue weighted by Crippen LogP contribution is -2.06. The Morgan fingerprint density at radius 1 is 1.19 bits per heavy atom. The lowest BCUT2D eigenvalue weighted by molar-refractivity contribution is 0.0175. The molecule has 1 aromatic carbocycles. The number of alkyl halides is 2. The monoisotopic (exact) mass is 291 g/mol. The van der Waals surface area contributed by atoms with Gasteiger partial charge in [-0.3, -0.25) is 0 Å². The van der Waals surface area contributed by atoms with E-state index in [1.54, 1.807) is 12.1 Å². The molecule has 0 unspecified atom stereocenters. The van der Waals surface area contributed by atoms with Crippen LogP contribution >= 0.6 is 0 Å². The van der Waals surface area contributed by atoms with E-state index in [1.165, 1.54) is 24.4 Å². The molecular formula is C14H11F2N3O2. The molecule has 0 bridgehead atoms. The fourth-order valence-corrected chi connectivity index (χ4v) is 1.86. The minimum Gasteiger partial charge on any atom is -0.361 e. The number of halogens is 2. The number of hydrogen-bond donors (Lipinski definition) is 0. The van der Waals surface area contributed by atoms with Gasteiger partial charge in [-0.05, 0) is 12.1 Å². The molecule has 7 heteroatoms. The summed E-state index contributed by atoms with van der Waals surface area (Å²) >= 11 is 0. The Kier molecular flexibility index (Phi) is 3.25. The molecule has 0 N–H and O–H groups in total. The predicted molar refractivity (Wildman–Crippen MR) is 68.6 cm³/mol. The first-order valence-corrected chi connectivity index (χ1v) is 6.23. The first-order valence-electron chi connectivity index (χ1n) is 6.23. The molecule has 0 saturated carbocycles. The third-order valence-corrected chi connectivity index (χ3v) is 2.91. The number of benzene rings is 1.